The predicted molar refractivity (Wildman–Crippen MR) is 92.7 cm³/mol. The summed E-state index contributed by atoms with van der Waals surface area (Å²) in [4.78, 5) is 18.8. The highest BCUT2D eigenvalue weighted by Gasteiger charge is 2.15. The molecule has 2 heterocycles. The van der Waals surface area contributed by atoms with Gasteiger partial charge in [0.2, 0.25) is 0 Å². The van der Waals surface area contributed by atoms with Crippen molar-refractivity contribution in [2.45, 2.75) is 0 Å². The molecule has 6 nitrogen and oxygen atoms in total. The van der Waals surface area contributed by atoms with E-state index in [2.05, 4.69) is 15.3 Å². The summed E-state index contributed by atoms with van der Waals surface area (Å²) in [7, 11) is 1.58. The molecule has 0 aliphatic rings. The number of nitrogens with two attached hydrogens (primary N) is 1. The van der Waals surface area contributed by atoms with Gasteiger partial charge in [0.25, 0.3) is 5.91 Å². The number of rotatable bonds is 3. The second kappa shape index (κ2) is 6.31. The minimum absolute atomic E-state index is 0.0369. The highest BCUT2D eigenvalue weighted by Crippen LogP contribution is 2.35. The van der Waals surface area contributed by atoms with E-state index in [4.69, 9.17) is 22.1 Å². The van der Waals surface area contributed by atoms with Crippen LogP contribution in [0.15, 0.2) is 40.7 Å². The van der Waals surface area contributed by atoms with Gasteiger partial charge in [0, 0.05) is 12.4 Å². The van der Waals surface area contributed by atoms with Crippen molar-refractivity contribution in [3.8, 4) is 10.8 Å². The molecule has 8 heteroatoms. The minimum Gasteiger partial charge on any atom is -0.444 e. The van der Waals surface area contributed by atoms with Crippen molar-refractivity contribution in [2.75, 3.05) is 7.05 Å². The predicted octanol–water partition coefficient (Wildman–Crippen LogP) is 3.35. The third kappa shape index (κ3) is 3.15. The Balaban J connectivity index is 2.04. The van der Waals surface area contributed by atoms with Crippen LogP contribution >= 0.6 is 22.9 Å². The van der Waals surface area contributed by atoms with E-state index in [1.54, 1.807) is 25.2 Å². The molecule has 2 aromatic heterocycles. The van der Waals surface area contributed by atoms with Crippen molar-refractivity contribution < 1.29 is 9.53 Å². The molecule has 118 valence electrons. The van der Waals surface area contributed by atoms with Crippen molar-refractivity contribution in [3.63, 3.8) is 0 Å². The van der Waals surface area contributed by atoms with Crippen LogP contribution in [0.1, 0.15) is 10.5 Å². The van der Waals surface area contributed by atoms with Crippen LogP contribution in [-0.4, -0.2) is 23.9 Å². The Morgan fingerprint density at radius 2 is 2.26 bits per heavy atom. The molecule has 1 aromatic carbocycles. The molecule has 0 fully saturated rings. The van der Waals surface area contributed by atoms with E-state index in [0.29, 0.717) is 21.7 Å². The highest BCUT2D eigenvalue weighted by molar-refractivity contribution is 7.11. The topological polar surface area (TPSA) is 92.5 Å². The van der Waals surface area contributed by atoms with Crippen LogP contribution in [0.5, 0.6) is 10.8 Å². The molecule has 0 unspecified atom stereocenters. The lowest BCUT2D eigenvalue weighted by Crippen LogP contribution is -2.28. The molecule has 4 N–H and O–H groups in total. The number of amides is 1. The second-order valence-electron chi connectivity index (χ2n) is 4.60. The molecule has 0 aliphatic carbocycles. The number of H-pyrrole nitrogens is 1. The number of aromatic amines is 1. The molecule has 0 atom stereocenters. The number of benzene rings is 1. The third-order valence-corrected chi connectivity index (χ3v) is 4.19. The average Bonchev–Trinajstić information content (AvgIpc) is 3.19. The first kappa shape index (κ1) is 15.4. The lowest BCUT2D eigenvalue weighted by molar-refractivity contribution is 0.0998. The number of hydrogen-bond acceptors (Lipinski definition) is 3. The number of carbonyl (C=O) groups is 1. The van der Waals surface area contributed by atoms with Crippen molar-refractivity contribution in [2.24, 2.45) is 10.7 Å². The molecular formula is C15H13ClN4O2S. The van der Waals surface area contributed by atoms with Crippen LogP contribution in [0.25, 0.3) is 10.9 Å². The fraction of sp³-hybridized carbons (Fsp3) is 0.0667. The molecule has 1 amide bonds. The fourth-order valence-electron chi connectivity index (χ4n) is 2.01. The lowest BCUT2D eigenvalue weighted by atomic mass is 10.2. The van der Waals surface area contributed by atoms with E-state index in [1.807, 2.05) is 17.5 Å². The quantitative estimate of drug-likeness (QED) is 0.500. The van der Waals surface area contributed by atoms with Gasteiger partial charge >= 0.3 is 0 Å². The molecule has 0 aliphatic heterocycles. The summed E-state index contributed by atoms with van der Waals surface area (Å²) in [6.07, 6.45) is 0. The van der Waals surface area contributed by atoms with Crippen LogP contribution in [0, 0.1) is 0 Å². The van der Waals surface area contributed by atoms with Crippen molar-refractivity contribution >= 4 is 45.7 Å². The largest absolute Gasteiger partial charge is 0.444 e. The number of ether oxygens (including phenoxy) is 1. The Hall–Kier alpha value is -2.51. The zero-order valence-corrected chi connectivity index (χ0v) is 13.7. The Morgan fingerprint density at radius 3 is 2.96 bits per heavy atom. The molecule has 0 spiro atoms. The number of aliphatic imine (C=N–C) groups is 1. The fourth-order valence-corrected chi connectivity index (χ4v) is 2.81. The van der Waals surface area contributed by atoms with Crippen LogP contribution in [0.4, 0.5) is 0 Å². The molecule has 23 heavy (non-hydrogen) atoms. The van der Waals surface area contributed by atoms with Crippen LogP contribution in [0.2, 0.25) is 5.02 Å². The van der Waals surface area contributed by atoms with Gasteiger partial charge in [-0.05, 0) is 35.7 Å². The summed E-state index contributed by atoms with van der Waals surface area (Å²) in [6, 6.07) is 8.86. The molecule has 3 aromatic rings. The Bertz CT molecular complexity index is 886. The summed E-state index contributed by atoms with van der Waals surface area (Å²) < 4.78 is 5.83. The van der Waals surface area contributed by atoms with Gasteiger partial charge in [0.1, 0.15) is 5.69 Å². The zero-order valence-electron chi connectivity index (χ0n) is 12.1. The summed E-state index contributed by atoms with van der Waals surface area (Å²) in [5.74, 6) is 0.123. The van der Waals surface area contributed by atoms with Crippen LogP contribution in [0.3, 0.4) is 0 Å². The maximum absolute atomic E-state index is 12.1. The highest BCUT2D eigenvalue weighted by atomic mass is 35.5. The standard InChI is InChI=1S/C15H13ClN4O2S/c1-18-15(17)20-14(21)10-7-8-9(16)4-5-11(13(8)19-10)22-12-3-2-6-23-12/h2-7,19H,1H3,(H3,17,18,20,21). The number of guanidine groups is 1. The Morgan fingerprint density at radius 1 is 1.43 bits per heavy atom. The molecule has 3 rings (SSSR count). The van der Waals surface area contributed by atoms with Gasteiger partial charge in [-0.1, -0.05) is 11.6 Å². The third-order valence-electron chi connectivity index (χ3n) is 3.12. The molecule has 0 radical (unpaired) electrons. The SMILES string of the molecule is CNC(N)=NC(=O)c1cc2c(Cl)ccc(Oc3cccs3)c2[nH]1. The molecule has 0 saturated heterocycles. The summed E-state index contributed by atoms with van der Waals surface area (Å²) in [5.41, 5.74) is 6.42. The number of aromatic nitrogens is 1. The number of fused-ring (bicyclic) bond motifs is 1. The van der Waals surface area contributed by atoms with Gasteiger partial charge in [-0.25, -0.2) is 0 Å². The number of hydrogen-bond donors (Lipinski definition) is 3. The molecule has 0 bridgehead atoms. The first-order valence-corrected chi connectivity index (χ1v) is 7.93. The summed E-state index contributed by atoms with van der Waals surface area (Å²) >= 11 is 7.68. The first-order chi connectivity index (χ1) is 11.1. The average molecular weight is 349 g/mol. The van der Waals surface area contributed by atoms with E-state index in [-0.39, 0.29) is 11.7 Å². The molecular weight excluding hydrogens is 336 g/mol. The van der Waals surface area contributed by atoms with E-state index in [0.717, 1.165) is 5.06 Å². The normalized spacial score (nSPS) is 11.7. The van der Waals surface area contributed by atoms with E-state index < -0.39 is 5.91 Å². The van der Waals surface area contributed by atoms with Crippen molar-refractivity contribution in [3.05, 3.63) is 46.4 Å². The lowest BCUT2D eigenvalue weighted by Gasteiger charge is -2.05. The van der Waals surface area contributed by atoms with Gasteiger partial charge in [-0.15, -0.1) is 11.3 Å². The zero-order chi connectivity index (χ0) is 16.4. The molecule has 0 saturated carbocycles. The number of nitrogens with one attached hydrogen (secondary N) is 2. The van der Waals surface area contributed by atoms with Gasteiger partial charge in [-0.2, -0.15) is 4.99 Å². The van der Waals surface area contributed by atoms with Gasteiger partial charge in [0.15, 0.2) is 16.8 Å². The van der Waals surface area contributed by atoms with E-state index >= 15 is 0 Å². The Labute approximate surface area is 140 Å². The monoisotopic (exact) mass is 348 g/mol. The first-order valence-electron chi connectivity index (χ1n) is 6.67. The number of thiophene rings is 1. The summed E-state index contributed by atoms with van der Waals surface area (Å²) in [5, 5.41) is 6.45. The Kier molecular flexibility index (Phi) is 4.22. The van der Waals surface area contributed by atoms with E-state index in [1.165, 1.54) is 11.3 Å². The maximum atomic E-state index is 12.1. The van der Waals surface area contributed by atoms with Crippen molar-refractivity contribution in [1.82, 2.24) is 10.3 Å². The second-order valence-corrected chi connectivity index (χ2v) is 5.92. The van der Waals surface area contributed by atoms with Gasteiger partial charge < -0.3 is 20.8 Å². The van der Waals surface area contributed by atoms with Crippen LogP contribution in [-0.2, 0) is 0 Å². The van der Waals surface area contributed by atoms with Crippen LogP contribution < -0.4 is 15.8 Å². The van der Waals surface area contributed by atoms with Crippen molar-refractivity contribution in [1.29, 1.82) is 0 Å². The van der Waals surface area contributed by atoms with Gasteiger partial charge in [0.05, 0.1) is 10.5 Å². The number of nitrogens with zero attached hydrogens (tertiary/aromatic N) is 1. The summed E-state index contributed by atoms with van der Waals surface area (Å²) in [6.45, 7) is 0. The number of halogens is 1. The smallest absolute Gasteiger partial charge is 0.296 e. The number of carbonyl (C=O) groups excluding carboxylic acids is 1. The van der Waals surface area contributed by atoms with Gasteiger partial charge in [-0.3, -0.25) is 4.79 Å². The minimum atomic E-state index is -0.494. The maximum Gasteiger partial charge on any atom is 0.296 e. The van der Waals surface area contributed by atoms with E-state index in [9.17, 15) is 4.79 Å².